The van der Waals surface area contributed by atoms with Crippen LogP contribution in [0.2, 0.25) is 0 Å². The first-order chi connectivity index (χ1) is 8.12. The predicted octanol–water partition coefficient (Wildman–Crippen LogP) is 1.09. The number of sulfonamides is 1. The smallest absolute Gasteiger partial charge is 0.250 e. The minimum absolute atomic E-state index is 0.0542. The zero-order valence-electron chi connectivity index (χ0n) is 8.45. The average Bonchev–Trinajstić information content (AvgIpc) is 2.98. The molecule has 0 saturated carbocycles. The van der Waals surface area contributed by atoms with E-state index < -0.39 is 10.0 Å². The van der Waals surface area contributed by atoms with Crippen LogP contribution in [0.4, 0.5) is 0 Å². The molecule has 0 saturated heterocycles. The zero-order chi connectivity index (χ0) is 12.3. The monoisotopic (exact) mass is 269 g/mol. The van der Waals surface area contributed by atoms with Gasteiger partial charge >= 0.3 is 0 Å². The third kappa shape index (κ3) is 2.71. The Kier molecular flexibility index (Phi) is 3.23. The van der Waals surface area contributed by atoms with Crippen molar-refractivity contribution in [2.75, 3.05) is 0 Å². The number of thiophene rings is 1. The standard InChI is InChI=1S/C9H7N3O3S2/c10-5-8-1-2-9(16-8)17(13,14)11-6-7-3-4-15-12-7/h1-4,11H,6H2. The fraction of sp³-hybridized carbons (Fsp3) is 0.111. The van der Waals surface area contributed by atoms with Crippen LogP contribution in [0.1, 0.15) is 10.6 Å². The Balaban J connectivity index is 2.11. The van der Waals surface area contributed by atoms with Crippen LogP contribution in [0.5, 0.6) is 0 Å². The van der Waals surface area contributed by atoms with Crippen molar-refractivity contribution in [3.8, 4) is 6.07 Å². The number of aromatic nitrogens is 1. The van der Waals surface area contributed by atoms with Gasteiger partial charge in [-0.05, 0) is 12.1 Å². The van der Waals surface area contributed by atoms with Gasteiger partial charge in [-0.15, -0.1) is 11.3 Å². The van der Waals surface area contributed by atoms with Crippen LogP contribution in [0.25, 0.3) is 0 Å². The van der Waals surface area contributed by atoms with Crippen LogP contribution in [0, 0.1) is 11.3 Å². The molecular formula is C9H7N3O3S2. The molecule has 0 unspecified atom stereocenters. The second kappa shape index (κ2) is 4.67. The molecule has 1 N–H and O–H groups in total. The van der Waals surface area contributed by atoms with E-state index in [0.717, 1.165) is 11.3 Å². The maximum atomic E-state index is 11.8. The molecule has 0 fully saturated rings. The summed E-state index contributed by atoms with van der Waals surface area (Å²) >= 11 is 0.922. The molecule has 0 bridgehead atoms. The number of nitrogens with zero attached hydrogens (tertiary/aromatic N) is 2. The van der Waals surface area contributed by atoms with E-state index in [1.807, 2.05) is 6.07 Å². The highest BCUT2D eigenvalue weighted by Crippen LogP contribution is 2.20. The summed E-state index contributed by atoms with van der Waals surface area (Å²) in [6.45, 7) is 0.0542. The lowest BCUT2D eigenvalue weighted by Gasteiger charge is -2.01. The molecule has 17 heavy (non-hydrogen) atoms. The maximum absolute atomic E-state index is 11.8. The van der Waals surface area contributed by atoms with Crippen LogP contribution in [0.3, 0.4) is 0 Å². The van der Waals surface area contributed by atoms with Crippen LogP contribution >= 0.6 is 11.3 Å². The molecule has 2 rings (SSSR count). The number of rotatable bonds is 4. The van der Waals surface area contributed by atoms with Gasteiger partial charge in [0.15, 0.2) is 0 Å². The summed E-state index contributed by atoms with van der Waals surface area (Å²) in [5, 5.41) is 12.2. The Bertz CT molecular complexity index is 637. The van der Waals surface area contributed by atoms with Gasteiger partial charge < -0.3 is 4.52 Å². The third-order valence-corrected chi connectivity index (χ3v) is 4.77. The number of hydrogen-bond acceptors (Lipinski definition) is 6. The second-order valence-corrected chi connectivity index (χ2v) is 6.12. The topological polar surface area (TPSA) is 96.0 Å². The van der Waals surface area contributed by atoms with E-state index in [1.165, 1.54) is 18.4 Å². The van der Waals surface area contributed by atoms with Crippen LogP contribution in [-0.4, -0.2) is 13.6 Å². The molecule has 0 aromatic carbocycles. The van der Waals surface area contributed by atoms with Crippen LogP contribution in [0.15, 0.2) is 33.2 Å². The van der Waals surface area contributed by atoms with Gasteiger partial charge in [0.25, 0.3) is 0 Å². The van der Waals surface area contributed by atoms with Gasteiger partial charge in [-0.25, -0.2) is 13.1 Å². The van der Waals surface area contributed by atoms with Crippen LogP contribution in [-0.2, 0) is 16.6 Å². The summed E-state index contributed by atoms with van der Waals surface area (Å²) in [7, 11) is -3.59. The Hall–Kier alpha value is -1.69. The van der Waals surface area contributed by atoms with Crippen molar-refractivity contribution in [1.29, 1.82) is 5.26 Å². The molecule has 2 aromatic rings. The van der Waals surface area contributed by atoms with Gasteiger partial charge in [-0.3, -0.25) is 0 Å². The lowest BCUT2D eigenvalue weighted by atomic mass is 10.5. The van der Waals surface area contributed by atoms with E-state index in [-0.39, 0.29) is 10.8 Å². The van der Waals surface area contributed by atoms with Gasteiger partial charge in [0.1, 0.15) is 21.4 Å². The number of hydrogen-bond donors (Lipinski definition) is 1. The van der Waals surface area contributed by atoms with Crippen molar-refractivity contribution in [2.45, 2.75) is 10.8 Å². The summed E-state index contributed by atoms with van der Waals surface area (Å²) < 4.78 is 30.6. The van der Waals surface area contributed by atoms with Gasteiger partial charge in [0, 0.05) is 6.07 Å². The quantitative estimate of drug-likeness (QED) is 0.896. The average molecular weight is 269 g/mol. The fourth-order valence-electron chi connectivity index (χ4n) is 1.09. The molecule has 8 heteroatoms. The van der Waals surface area contributed by atoms with Crippen molar-refractivity contribution in [3.63, 3.8) is 0 Å². The normalized spacial score (nSPS) is 11.2. The highest BCUT2D eigenvalue weighted by Gasteiger charge is 2.16. The molecular weight excluding hydrogens is 262 g/mol. The van der Waals surface area contributed by atoms with Gasteiger partial charge in [-0.2, -0.15) is 5.26 Å². The van der Waals surface area contributed by atoms with E-state index in [9.17, 15) is 8.42 Å². The van der Waals surface area contributed by atoms with Gasteiger partial charge in [0.2, 0.25) is 10.0 Å². The zero-order valence-corrected chi connectivity index (χ0v) is 10.1. The van der Waals surface area contributed by atoms with E-state index in [0.29, 0.717) is 10.6 Å². The molecule has 0 aliphatic rings. The SMILES string of the molecule is N#Cc1ccc(S(=O)(=O)NCc2ccon2)s1. The van der Waals surface area contributed by atoms with Gasteiger partial charge in [0.05, 0.1) is 12.2 Å². The van der Waals surface area contributed by atoms with Crippen molar-refractivity contribution in [1.82, 2.24) is 9.88 Å². The lowest BCUT2D eigenvalue weighted by molar-refractivity contribution is 0.411. The lowest BCUT2D eigenvalue weighted by Crippen LogP contribution is -2.22. The largest absolute Gasteiger partial charge is 0.364 e. The first kappa shape index (κ1) is 11.8. The van der Waals surface area contributed by atoms with Crippen LogP contribution < -0.4 is 4.72 Å². The van der Waals surface area contributed by atoms with Gasteiger partial charge in [-0.1, -0.05) is 5.16 Å². The minimum atomic E-state index is -3.59. The highest BCUT2D eigenvalue weighted by molar-refractivity contribution is 7.91. The molecule has 0 atom stereocenters. The van der Waals surface area contributed by atoms with E-state index in [2.05, 4.69) is 14.4 Å². The highest BCUT2D eigenvalue weighted by atomic mass is 32.2. The van der Waals surface area contributed by atoms with Crippen molar-refractivity contribution >= 4 is 21.4 Å². The number of nitriles is 1. The summed E-state index contributed by atoms with van der Waals surface area (Å²) in [6.07, 6.45) is 1.36. The Morgan fingerprint density at radius 2 is 2.29 bits per heavy atom. The summed E-state index contributed by atoms with van der Waals surface area (Å²) in [5.74, 6) is 0. The Morgan fingerprint density at radius 3 is 2.88 bits per heavy atom. The van der Waals surface area contributed by atoms with E-state index in [4.69, 9.17) is 5.26 Å². The summed E-state index contributed by atoms with van der Waals surface area (Å²) in [6, 6.07) is 6.32. The molecule has 0 aliphatic carbocycles. The third-order valence-electron chi connectivity index (χ3n) is 1.89. The fourth-order valence-corrected chi connectivity index (χ4v) is 3.24. The summed E-state index contributed by atoms with van der Waals surface area (Å²) in [5.41, 5.74) is 0.491. The molecule has 0 spiro atoms. The van der Waals surface area contributed by atoms with Crippen molar-refractivity contribution in [2.24, 2.45) is 0 Å². The Morgan fingerprint density at radius 1 is 1.47 bits per heavy atom. The van der Waals surface area contributed by atoms with Crippen molar-refractivity contribution in [3.05, 3.63) is 35.0 Å². The molecule has 0 aliphatic heterocycles. The minimum Gasteiger partial charge on any atom is -0.364 e. The van der Waals surface area contributed by atoms with E-state index in [1.54, 1.807) is 6.07 Å². The van der Waals surface area contributed by atoms with E-state index >= 15 is 0 Å². The Labute approximate surface area is 102 Å². The first-order valence-electron chi connectivity index (χ1n) is 4.51. The molecule has 2 heterocycles. The number of nitrogens with one attached hydrogen (secondary N) is 1. The molecule has 0 radical (unpaired) electrons. The van der Waals surface area contributed by atoms with Crippen molar-refractivity contribution < 1.29 is 12.9 Å². The molecule has 2 aromatic heterocycles. The first-order valence-corrected chi connectivity index (χ1v) is 6.80. The maximum Gasteiger partial charge on any atom is 0.250 e. The predicted molar refractivity (Wildman–Crippen MR) is 59.6 cm³/mol. The molecule has 6 nitrogen and oxygen atoms in total. The molecule has 88 valence electrons. The summed E-state index contributed by atoms with van der Waals surface area (Å²) in [4.78, 5) is 0.354. The second-order valence-electron chi connectivity index (χ2n) is 3.05. The molecule has 0 amide bonds.